The summed E-state index contributed by atoms with van der Waals surface area (Å²) < 4.78 is 27.7. The summed E-state index contributed by atoms with van der Waals surface area (Å²) in [7, 11) is -3.93. The van der Waals surface area contributed by atoms with Crippen molar-refractivity contribution >= 4 is 21.7 Å². The largest absolute Gasteiger partial charge is 0.505 e. The van der Waals surface area contributed by atoms with Gasteiger partial charge < -0.3 is 15.3 Å². The summed E-state index contributed by atoms with van der Waals surface area (Å²) in [6.45, 7) is 6.15. The highest BCUT2D eigenvalue weighted by Gasteiger charge is 2.40. The Morgan fingerprint density at radius 1 is 1.17 bits per heavy atom. The molecule has 3 rings (SSSR count). The van der Waals surface area contributed by atoms with Crippen LogP contribution in [0, 0.1) is 0 Å². The van der Waals surface area contributed by atoms with E-state index in [9.17, 15) is 18.3 Å². The first-order valence-electron chi connectivity index (χ1n) is 10.5. The van der Waals surface area contributed by atoms with Gasteiger partial charge in [0, 0.05) is 24.7 Å². The molecule has 0 radical (unpaired) electrons. The number of nitrogens with zero attached hydrogens (tertiary/aromatic N) is 2. The van der Waals surface area contributed by atoms with Crippen LogP contribution in [0.5, 0.6) is 0 Å². The van der Waals surface area contributed by atoms with Crippen LogP contribution < -0.4 is 5.32 Å². The molecule has 1 aliphatic heterocycles. The number of aliphatic hydroxyl groups is 1. The average molecular weight is 422 g/mol. The summed E-state index contributed by atoms with van der Waals surface area (Å²) in [4.78, 5) is 15.2. The Labute approximate surface area is 173 Å². The molecular weight excluding hydrogens is 390 g/mol. The monoisotopic (exact) mass is 421 g/mol. The molecule has 160 valence electrons. The van der Waals surface area contributed by atoms with Crippen molar-refractivity contribution in [2.24, 2.45) is 0 Å². The standard InChI is InChI=1S/C21H31N3O4S/c1-3-23(4-2)14-15-24-19(21(26)22-16-10-6-5-7-11-16)20(25)17-12-8-9-13-18(17)29(24,27)28/h8-9,12-13,16,25H,3-7,10-11,14-15H2,1-2H3,(H,22,26). The Balaban J connectivity index is 1.98. The number of fused-ring (bicyclic) bond motifs is 1. The van der Waals surface area contributed by atoms with Gasteiger partial charge in [0.25, 0.3) is 15.9 Å². The van der Waals surface area contributed by atoms with Crippen LogP contribution >= 0.6 is 0 Å². The molecule has 0 bridgehead atoms. The van der Waals surface area contributed by atoms with Crippen molar-refractivity contribution in [1.29, 1.82) is 0 Å². The van der Waals surface area contributed by atoms with E-state index >= 15 is 0 Å². The smallest absolute Gasteiger partial charge is 0.272 e. The van der Waals surface area contributed by atoms with Crippen molar-refractivity contribution in [3.8, 4) is 0 Å². The molecule has 29 heavy (non-hydrogen) atoms. The Morgan fingerprint density at radius 2 is 1.83 bits per heavy atom. The molecule has 1 aromatic carbocycles. The highest BCUT2D eigenvalue weighted by Crippen LogP contribution is 2.35. The lowest BCUT2D eigenvalue weighted by molar-refractivity contribution is -0.119. The maximum atomic E-state index is 13.3. The number of likely N-dealkylation sites (N-methyl/N-ethyl adjacent to an activating group) is 1. The van der Waals surface area contributed by atoms with Crippen molar-refractivity contribution in [2.45, 2.75) is 56.9 Å². The molecule has 0 saturated heterocycles. The number of hydrogen-bond acceptors (Lipinski definition) is 5. The second kappa shape index (κ2) is 9.17. The lowest BCUT2D eigenvalue weighted by Gasteiger charge is -2.34. The molecule has 1 heterocycles. The maximum absolute atomic E-state index is 13.3. The van der Waals surface area contributed by atoms with Crippen molar-refractivity contribution in [3.63, 3.8) is 0 Å². The Hall–Kier alpha value is -2.06. The first-order chi connectivity index (χ1) is 13.9. The molecule has 7 nitrogen and oxygen atoms in total. The minimum absolute atomic E-state index is 0.0149. The summed E-state index contributed by atoms with van der Waals surface area (Å²) >= 11 is 0. The van der Waals surface area contributed by atoms with Gasteiger partial charge in [-0.1, -0.05) is 45.2 Å². The highest BCUT2D eigenvalue weighted by molar-refractivity contribution is 7.89. The fourth-order valence-electron chi connectivity index (χ4n) is 4.10. The van der Waals surface area contributed by atoms with E-state index in [4.69, 9.17) is 0 Å². The van der Waals surface area contributed by atoms with E-state index in [1.165, 1.54) is 12.1 Å². The number of benzene rings is 1. The molecule has 0 atom stereocenters. The molecule has 8 heteroatoms. The summed E-state index contributed by atoms with van der Waals surface area (Å²) in [5.74, 6) is -0.796. The molecule has 1 saturated carbocycles. The number of rotatable bonds is 7. The maximum Gasteiger partial charge on any atom is 0.272 e. The molecular formula is C21H31N3O4S. The first-order valence-corrected chi connectivity index (χ1v) is 11.9. The molecule has 0 unspecified atom stereocenters. The Kier molecular flexibility index (Phi) is 6.85. The predicted octanol–water partition coefficient (Wildman–Crippen LogP) is 2.71. The van der Waals surface area contributed by atoms with E-state index in [2.05, 4.69) is 10.2 Å². The lowest BCUT2D eigenvalue weighted by Crippen LogP contribution is -2.47. The SMILES string of the molecule is CCN(CC)CCN1C(C(=O)NC2CCCCC2)=C(O)c2ccccc2S1(=O)=O. The van der Waals surface area contributed by atoms with Crippen molar-refractivity contribution in [2.75, 3.05) is 26.2 Å². The third kappa shape index (κ3) is 4.43. The zero-order valence-corrected chi connectivity index (χ0v) is 18.0. The van der Waals surface area contributed by atoms with Gasteiger partial charge in [-0.3, -0.25) is 9.10 Å². The van der Waals surface area contributed by atoms with Crippen LogP contribution in [0.2, 0.25) is 0 Å². The molecule has 0 spiro atoms. The van der Waals surface area contributed by atoms with E-state index in [0.29, 0.717) is 6.54 Å². The summed E-state index contributed by atoms with van der Waals surface area (Å²) in [6.07, 6.45) is 4.99. The minimum Gasteiger partial charge on any atom is -0.505 e. The minimum atomic E-state index is -3.93. The number of nitrogens with one attached hydrogen (secondary N) is 1. The third-order valence-corrected chi connectivity index (χ3v) is 7.71. The van der Waals surface area contributed by atoms with Gasteiger partial charge in [-0.2, -0.15) is 0 Å². The van der Waals surface area contributed by atoms with Crippen LogP contribution in [0.3, 0.4) is 0 Å². The quantitative estimate of drug-likeness (QED) is 0.707. The van der Waals surface area contributed by atoms with Crippen molar-refractivity contribution in [3.05, 3.63) is 35.5 Å². The molecule has 2 aliphatic rings. The van der Waals surface area contributed by atoms with Gasteiger partial charge in [0.2, 0.25) is 0 Å². The number of amides is 1. The fraction of sp³-hybridized carbons (Fsp3) is 0.571. The van der Waals surface area contributed by atoms with Crippen LogP contribution in [-0.2, 0) is 14.8 Å². The van der Waals surface area contributed by atoms with Crippen LogP contribution in [-0.4, -0.2) is 60.9 Å². The number of hydrogen-bond donors (Lipinski definition) is 2. The number of sulfonamides is 1. The lowest BCUT2D eigenvalue weighted by atomic mass is 9.95. The molecule has 0 aromatic heterocycles. The number of carbonyl (C=O) groups excluding carboxylic acids is 1. The summed E-state index contributed by atoms with van der Waals surface area (Å²) in [5.41, 5.74) is 0.0156. The number of aliphatic hydroxyl groups excluding tert-OH is 1. The Morgan fingerprint density at radius 3 is 2.48 bits per heavy atom. The molecule has 2 N–H and O–H groups in total. The van der Waals surface area contributed by atoms with Crippen LogP contribution in [0.1, 0.15) is 51.5 Å². The van der Waals surface area contributed by atoms with E-state index in [1.54, 1.807) is 12.1 Å². The summed E-state index contributed by atoms with van der Waals surface area (Å²) in [5, 5.41) is 13.9. The fourth-order valence-corrected chi connectivity index (χ4v) is 5.76. The van der Waals surface area contributed by atoms with Gasteiger partial charge in [0.1, 0.15) is 0 Å². The van der Waals surface area contributed by atoms with Crippen LogP contribution in [0.15, 0.2) is 34.9 Å². The van der Waals surface area contributed by atoms with Crippen molar-refractivity contribution < 1.29 is 18.3 Å². The first kappa shape index (κ1) is 21.6. The van der Waals surface area contributed by atoms with Crippen LogP contribution in [0.4, 0.5) is 0 Å². The normalized spacial score (nSPS) is 19.3. The molecule has 1 fully saturated rings. The molecule has 1 aromatic rings. The van der Waals surface area contributed by atoms with Gasteiger partial charge in [0.15, 0.2) is 11.5 Å². The van der Waals surface area contributed by atoms with Gasteiger partial charge >= 0.3 is 0 Å². The van der Waals surface area contributed by atoms with E-state index in [1.807, 2.05) is 13.8 Å². The zero-order chi connectivity index (χ0) is 21.0. The highest BCUT2D eigenvalue weighted by atomic mass is 32.2. The second-order valence-corrected chi connectivity index (χ2v) is 9.44. The van der Waals surface area contributed by atoms with E-state index in [0.717, 1.165) is 49.5 Å². The van der Waals surface area contributed by atoms with Crippen molar-refractivity contribution in [1.82, 2.24) is 14.5 Å². The van der Waals surface area contributed by atoms with Crippen LogP contribution in [0.25, 0.3) is 5.76 Å². The topological polar surface area (TPSA) is 89.9 Å². The van der Waals surface area contributed by atoms with Gasteiger partial charge in [-0.15, -0.1) is 0 Å². The van der Waals surface area contributed by atoms with Gasteiger partial charge in [-0.05, 0) is 38.1 Å². The van der Waals surface area contributed by atoms with E-state index in [-0.39, 0.29) is 34.5 Å². The third-order valence-electron chi connectivity index (χ3n) is 5.85. The predicted molar refractivity (Wildman–Crippen MR) is 113 cm³/mol. The molecule has 1 aliphatic carbocycles. The molecule has 1 amide bonds. The van der Waals surface area contributed by atoms with Gasteiger partial charge in [-0.25, -0.2) is 8.42 Å². The Bertz CT molecular complexity index is 872. The average Bonchev–Trinajstić information content (AvgIpc) is 2.73. The zero-order valence-electron chi connectivity index (χ0n) is 17.2. The second-order valence-electron chi connectivity index (χ2n) is 7.61. The number of carbonyl (C=O) groups is 1. The summed E-state index contributed by atoms with van der Waals surface area (Å²) in [6, 6.07) is 6.31. The van der Waals surface area contributed by atoms with E-state index < -0.39 is 15.9 Å². The van der Waals surface area contributed by atoms with Gasteiger partial charge in [0.05, 0.1) is 4.90 Å².